The SMILES string of the molecule is CC(=O)NC1C(O)[C@H](O)[C@@H](CO)O[C@@H]1OCC1[C@H](C)OC(CO)[C@H](O)[C@@H]1O. The normalized spacial score (nSPS) is 45.5. The van der Waals surface area contributed by atoms with Gasteiger partial charge in [0.15, 0.2) is 6.29 Å². The maximum Gasteiger partial charge on any atom is 0.217 e. The van der Waals surface area contributed by atoms with Gasteiger partial charge in [0.05, 0.1) is 32.0 Å². The molecule has 11 heteroatoms. The first-order chi connectivity index (χ1) is 12.7. The Bertz CT molecular complexity index is 494. The second-order valence-corrected chi connectivity index (χ2v) is 6.97. The summed E-state index contributed by atoms with van der Waals surface area (Å²) in [6.07, 6.45) is -9.23. The van der Waals surface area contributed by atoms with Gasteiger partial charge in [0.25, 0.3) is 0 Å². The van der Waals surface area contributed by atoms with Gasteiger partial charge in [0, 0.05) is 12.8 Å². The van der Waals surface area contributed by atoms with Crippen LogP contribution in [-0.2, 0) is 19.0 Å². The molecular weight excluding hydrogens is 366 g/mol. The molecule has 0 radical (unpaired) electrons. The fraction of sp³-hybridized carbons (Fsp3) is 0.938. The van der Waals surface area contributed by atoms with Gasteiger partial charge in [-0.1, -0.05) is 0 Å². The van der Waals surface area contributed by atoms with E-state index in [0.29, 0.717) is 0 Å². The second kappa shape index (κ2) is 9.54. The molecule has 27 heavy (non-hydrogen) atoms. The number of hydrogen-bond acceptors (Lipinski definition) is 10. The summed E-state index contributed by atoms with van der Waals surface area (Å²) < 4.78 is 16.5. The van der Waals surface area contributed by atoms with Crippen LogP contribution in [0.2, 0.25) is 0 Å². The van der Waals surface area contributed by atoms with Gasteiger partial charge in [-0.25, -0.2) is 0 Å². The molecule has 7 N–H and O–H groups in total. The Morgan fingerprint density at radius 3 is 2.07 bits per heavy atom. The van der Waals surface area contributed by atoms with E-state index in [-0.39, 0.29) is 6.61 Å². The minimum Gasteiger partial charge on any atom is -0.394 e. The molecule has 2 aliphatic heterocycles. The van der Waals surface area contributed by atoms with Crippen LogP contribution in [0.4, 0.5) is 0 Å². The number of nitrogens with one attached hydrogen (secondary N) is 1. The van der Waals surface area contributed by atoms with Crippen molar-refractivity contribution in [3.63, 3.8) is 0 Å². The largest absolute Gasteiger partial charge is 0.394 e. The van der Waals surface area contributed by atoms with Gasteiger partial charge in [-0.2, -0.15) is 0 Å². The van der Waals surface area contributed by atoms with Gasteiger partial charge < -0.3 is 50.2 Å². The molecule has 1 amide bonds. The van der Waals surface area contributed by atoms with Crippen LogP contribution in [0, 0.1) is 5.92 Å². The van der Waals surface area contributed by atoms with Crippen LogP contribution in [0.25, 0.3) is 0 Å². The Morgan fingerprint density at radius 2 is 1.52 bits per heavy atom. The van der Waals surface area contributed by atoms with Gasteiger partial charge >= 0.3 is 0 Å². The molecule has 2 saturated heterocycles. The van der Waals surface area contributed by atoms with E-state index in [1.165, 1.54) is 6.92 Å². The van der Waals surface area contributed by atoms with E-state index in [1.807, 2.05) is 0 Å². The van der Waals surface area contributed by atoms with E-state index in [9.17, 15) is 35.4 Å². The summed E-state index contributed by atoms with van der Waals surface area (Å²) in [5, 5.41) is 61.4. The fourth-order valence-corrected chi connectivity index (χ4v) is 3.41. The first-order valence-corrected chi connectivity index (χ1v) is 8.84. The first kappa shape index (κ1) is 22.4. The lowest BCUT2D eigenvalue weighted by Crippen LogP contribution is -2.65. The van der Waals surface area contributed by atoms with E-state index in [1.54, 1.807) is 6.92 Å². The van der Waals surface area contributed by atoms with Crippen molar-refractivity contribution >= 4 is 5.91 Å². The number of aliphatic hydroxyl groups excluding tert-OH is 6. The molecule has 0 aliphatic carbocycles. The molecule has 0 aromatic carbocycles. The van der Waals surface area contributed by atoms with E-state index >= 15 is 0 Å². The topological polar surface area (TPSA) is 178 Å². The molecule has 0 bridgehead atoms. The molecule has 2 rings (SSSR count). The molecule has 158 valence electrons. The molecule has 11 nitrogen and oxygen atoms in total. The minimum atomic E-state index is -1.45. The predicted molar refractivity (Wildman–Crippen MR) is 88.2 cm³/mol. The lowest BCUT2D eigenvalue weighted by Gasteiger charge is -2.44. The summed E-state index contributed by atoms with van der Waals surface area (Å²) in [5.41, 5.74) is 0. The highest BCUT2D eigenvalue weighted by Crippen LogP contribution is 2.28. The third-order valence-electron chi connectivity index (χ3n) is 5.05. The summed E-state index contributed by atoms with van der Waals surface area (Å²) in [5.74, 6) is -1.16. The van der Waals surface area contributed by atoms with Crippen molar-refractivity contribution in [1.29, 1.82) is 0 Å². The first-order valence-electron chi connectivity index (χ1n) is 8.84. The van der Waals surface area contributed by atoms with E-state index in [2.05, 4.69) is 5.32 Å². The highest BCUT2D eigenvalue weighted by atomic mass is 16.7. The van der Waals surface area contributed by atoms with Gasteiger partial charge in [0.2, 0.25) is 5.91 Å². The number of hydrogen-bond donors (Lipinski definition) is 7. The zero-order valence-electron chi connectivity index (χ0n) is 15.2. The zero-order valence-corrected chi connectivity index (χ0v) is 15.2. The van der Waals surface area contributed by atoms with Crippen LogP contribution in [0.3, 0.4) is 0 Å². The van der Waals surface area contributed by atoms with E-state index in [0.717, 1.165) is 0 Å². The number of amides is 1. The van der Waals surface area contributed by atoms with Crippen LogP contribution in [0.5, 0.6) is 0 Å². The number of carbonyl (C=O) groups is 1. The van der Waals surface area contributed by atoms with E-state index < -0.39 is 80.1 Å². The molecule has 10 atom stereocenters. The average Bonchev–Trinajstić information content (AvgIpc) is 2.63. The quantitative estimate of drug-likeness (QED) is 0.235. The monoisotopic (exact) mass is 395 g/mol. The Labute approximate surface area is 156 Å². The molecule has 0 spiro atoms. The third-order valence-corrected chi connectivity index (χ3v) is 5.05. The summed E-state index contributed by atoms with van der Waals surface area (Å²) in [6.45, 7) is 1.68. The van der Waals surface area contributed by atoms with Crippen molar-refractivity contribution in [2.45, 2.75) is 68.9 Å². The summed E-state index contributed by atoms with van der Waals surface area (Å²) in [7, 11) is 0. The molecule has 0 saturated carbocycles. The summed E-state index contributed by atoms with van der Waals surface area (Å²) in [6, 6.07) is -1.10. The predicted octanol–water partition coefficient (Wildman–Crippen LogP) is -3.94. The van der Waals surface area contributed by atoms with Crippen LogP contribution in [-0.4, -0.2) is 111 Å². The molecule has 2 fully saturated rings. The average molecular weight is 395 g/mol. The Hall–Kier alpha value is -0.890. The van der Waals surface area contributed by atoms with Crippen molar-refractivity contribution in [1.82, 2.24) is 5.32 Å². The number of ether oxygens (including phenoxy) is 3. The molecular formula is C16H29NO10. The van der Waals surface area contributed by atoms with E-state index in [4.69, 9.17) is 14.2 Å². The summed E-state index contributed by atoms with van der Waals surface area (Å²) in [4.78, 5) is 11.4. The van der Waals surface area contributed by atoms with Crippen molar-refractivity contribution in [3.8, 4) is 0 Å². The highest BCUT2D eigenvalue weighted by molar-refractivity contribution is 5.73. The number of aliphatic hydroxyl groups is 6. The van der Waals surface area contributed by atoms with Gasteiger partial charge in [-0.3, -0.25) is 4.79 Å². The Kier molecular flexibility index (Phi) is 7.92. The van der Waals surface area contributed by atoms with Crippen LogP contribution in [0.1, 0.15) is 13.8 Å². The van der Waals surface area contributed by atoms with Gasteiger partial charge in [0.1, 0.15) is 36.6 Å². The number of rotatable bonds is 6. The Balaban J connectivity index is 2.07. The summed E-state index contributed by atoms with van der Waals surface area (Å²) >= 11 is 0. The van der Waals surface area contributed by atoms with Crippen LogP contribution in [0.15, 0.2) is 0 Å². The highest BCUT2D eigenvalue weighted by Gasteiger charge is 2.47. The van der Waals surface area contributed by atoms with Crippen molar-refractivity contribution < 1.29 is 49.6 Å². The molecule has 2 heterocycles. The van der Waals surface area contributed by atoms with Crippen molar-refractivity contribution in [3.05, 3.63) is 0 Å². The lowest BCUT2D eigenvalue weighted by atomic mass is 9.88. The van der Waals surface area contributed by atoms with Crippen molar-refractivity contribution in [2.24, 2.45) is 5.92 Å². The second-order valence-electron chi connectivity index (χ2n) is 6.97. The zero-order chi connectivity index (χ0) is 20.3. The molecule has 0 aromatic rings. The maximum absolute atomic E-state index is 11.4. The van der Waals surface area contributed by atoms with Crippen LogP contribution < -0.4 is 5.32 Å². The fourth-order valence-electron chi connectivity index (χ4n) is 3.41. The van der Waals surface area contributed by atoms with Gasteiger partial charge in [-0.15, -0.1) is 0 Å². The maximum atomic E-state index is 11.4. The molecule has 4 unspecified atom stereocenters. The Morgan fingerprint density at radius 1 is 0.963 bits per heavy atom. The van der Waals surface area contributed by atoms with Crippen LogP contribution >= 0.6 is 0 Å². The third kappa shape index (κ3) is 4.94. The minimum absolute atomic E-state index is 0.167. The molecule has 2 aliphatic rings. The molecule has 0 aromatic heterocycles. The lowest BCUT2D eigenvalue weighted by molar-refractivity contribution is -0.284. The smallest absolute Gasteiger partial charge is 0.217 e. The van der Waals surface area contributed by atoms with Gasteiger partial charge in [-0.05, 0) is 6.92 Å². The van der Waals surface area contributed by atoms with Crippen molar-refractivity contribution in [2.75, 3.05) is 19.8 Å². The standard InChI is InChI=1S/C16H29NO10/c1-6-8(12(21)13(22)9(3-18)26-6)5-25-16-11(17-7(2)20)15(24)14(23)10(4-19)27-16/h6,8-16,18-19,21-24H,3-5H2,1-2H3,(H,17,20)/t6-,8?,9?,10+,11?,12+,13-,14+,15?,16-/m0/s1. The number of carbonyl (C=O) groups excluding carboxylic acids is 1.